The van der Waals surface area contributed by atoms with Crippen molar-refractivity contribution in [1.82, 2.24) is 0 Å². The average Bonchev–Trinajstić information content (AvgIpc) is 3.15. The van der Waals surface area contributed by atoms with Crippen molar-refractivity contribution in [1.29, 1.82) is 0 Å². The minimum atomic E-state index is -1.60. The molecule has 0 amide bonds. The van der Waals surface area contributed by atoms with Gasteiger partial charge in [0.05, 0.1) is 22.7 Å². The van der Waals surface area contributed by atoms with Gasteiger partial charge in [0.25, 0.3) is 0 Å². The minimum Gasteiger partial charge on any atom is -0.453 e. The molecule has 0 unspecified atom stereocenters. The molecule has 10 rings (SSSR count). The van der Waals surface area contributed by atoms with Crippen LogP contribution in [-0.2, 0) is 0 Å². The Bertz CT molecular complexity index is 2180. The molecule has 4 heterocycles. The molecule has 6 aromatic carbocycles. The largest absolute Gasteiger partial charge is 0.488 e. The monoisotopic (exact) mass is 664 g/mol. The fraction of sp³-hybridized carbons (Fsp3) is 0.0526. The third kappa shape index (κ3) is 5.10. The molecule has 0 saturated carbocycles. The zero-order chi connectivity index (χ0) is 34.5. The van der Waals surface area contributed by atoms with Crippen LogP contribution in [0.15, 0.2) is 121 Å². The van der Waals surface area contributed by atoms with Crippen LogP contribution >= 0.6 is 0 Å². The number of hydrogen-bond donors (Lipinski definition) is 4. The van der Waals surface area contributed by atoms with Crippen molar-refractivity contribution in [2.45, 2.75) is 13.8 Å². The van der Waals surface area contributed by atoms with Gasteiger partial charge in [-0.2, -0.15) is 0 Å². The predicted molar refractivity (Wildman–Crippen MR) is 194 cm³/mol. The van der Waals surface area contributed by atoms with E-state index in [0.29, 0.717) is 45.4 Å². The molecule has 0 atom stereocenters. The fourth-order valence-electron chi connectivity index (χ4n) is 6.37. The van der Waals surface area contributed by atoms with E-state index in [-0.39, 0.29) is 0 Å². The highest BCUT2D eigenvalue weighted by Crippen LogP contribution is 2.60. The van der Waals surface area contributed by atoms with E-state index in [1.54, 1.807) is 24.3 Å². The summed E-state index contributed by atoms with van der Waals surface area (Å²) in [7, 11) is -3.13. The Hall–Kier alpha value is -5.91. The Kier molecular flexibility index (Phi) is 7.85. The molecule has 4 aliphatic rings. The summed E-state index contributed by atoms with van der Waals surface area (Å²) < 4.78 is 24.0. The Morgan fingerprint density at radius 1 is 0.380 bits per heavy atom. The lowest BCUT2D eigenvalue weighted by Gasteiger charge is -2.38. The van der Waals surface area contributed by atoms with Crippen LogP contribution in [0.3, 0.4) is 0 Å². The van der Waals surface area contributed by atoms with Crippen molar-refractivity contribution in [3.05, 3.63) is 121 Å². The van der Waals surface area contributed by atoms with Gasteiger partial charge >= 0.3 is 14.2 Å². The zero-order valence-electron chi connectivity index (χ0n) is 27.0. The SMILES string of the molecule is CC.OB(O)c1cc2c3c(c1)Oc1ccccc1N3c1ccccc1O2.OB(O)c1ccc2c(c1)Oc1cccc3c1N2c1ccccc1O3. The van der Waals surface area contributed by atoms with Gasteiger partial charge in [-0.1, -0.05) is 62.4 Å². The van der Waals surface area contributed by atoms with Crippen LogP contribution in [0.5, 0.6) is 46.0 Å². The summed E-state index contributed by atoms with van der Waals surface area (Å²) in [6, 6.07) is 37.3. The quantitative estimate of drug-likeness (QED) is 0.142. The first-order valence-electron chi connectivity index (χ1n) is 16.2. The van der Waals surface area contributed by atoms with Crippen molar-refractivity contribution in [3.8, 4) is 46.0 Å². The summed E-state index contributed by atoms with van der Waals surface area (Å²) >= 11 is 0. The van der Waals surface area contributed by atoms with Crippen LogP contribution in [0.4, 0.5) is 34.1 Å². The molecule has 0 aromatic heterocycles. The van der Waals surface area contributed by atoms with Gasteiger partial charge in [0.1, 0.15) is 11.4 Å². The number of fused-ring (bicyclic) bond motifs is 8. The molecule has 4 aliphatic heterocycles. The first kappa shape index (κ1) is 31.4. The zero-order valence-corrected chi connectivity index (χ0v) is 27.0. The summed E-state index contributed by atoms with van der Waals surface area (Å²) in [5, 5.41) is 37.9. The van der Waals surface area contributed by atoms with E-state index in [1.165, 1.54) is 0 Å². The number of para-hydroxylation sites is 7. The molecule has 50 heavy (non-hydrogen) atoms. The van der Waals surface area contributed by atoms with Crippen molar-refractivity contribution in [2.24, 2.45) is 0 Å². The molecule has 0 spiro atoms. The second-order valence-corrected chi connectivity index (χ2v) is 11.4. The van der Waals surface area contributed by atoms with Gasteiger partial charge < -0.3 is 39.0 Å². The van der Waals surface area contributed by atoms with Gasteiger partial charge in [0.2, 0.25) is 0 Å². The van der Waals surface area contributed by atoms with E-state index in [0.717, 1.165) is 45.6 Å². The van der Waals surface area contributed by atoms with E-state index in [4.69, 9.17) is 18.9 Å². The van der Waals surface area contributed by atoms with Crippen molar-refractivity contribution < 1.29 is 39.0 Å². The highest BCUT2D eigenvalue weighted by Gasteiger charge is 2.36. The lowest BCUT2D eigenvalue weighted by atomic mass is 9.79. The topological polar surface area (TPSA) is 124 Å². The van der Waals surface area contributed by atoms with Crippen molar-refractivity contribution in [3.63, 3.8) is 0 Å². The van der Waals surface area contributed by atoms with E-state index < -0.39 is 14.2 Å². The molecular formula is C38H30B2N2O8. The van der Waals surface area contributed by atoms with Crippen molar-refractivity contribution in [2.75, 3.05) is 9.80 Å². The molecule has 0 aliphatic carbocycles. The summed E-state index contributed by atoms with van der Waals surface area (Å²) in [6.07, 6.45) is 0. The minimum absolute atomic E-state index is 0.322. The van der Waals surface area contributed by atoms with E-state index >= 15 is 0 Å². The Labute approximate surface area is 288 Å². The van der Waals surface area contributed by atoms with Crippen LogP contribution in [-0.4, -0.2) is 34.3 Å². The highest BCUT2D eigenvalue weighted by atomic mass is 16.5. The number of rotatable bonds is 2. The third-order valence-electron chi connectivity index (χ3n) is 8.49. The fourth-order valence-corrected chi connectivity index (χ4v) is 6.37. The standard InChI is InChI=1S/2C18H12BNO4.C2H6/c21-19(22)11-9-16-18-17(10-11)24-15-8-4-2-6-13(15)20(18)12-5-1-3-7-14(12)23-16;21-19(22)11-8-9-13-17(10-11)24-16-7-3-6-15-18(16)20(13)12-4-1-2-5-14(12)23-15;1-2/h2*1-10,21-22H;1-2H3. The maximum absolute atomic E-state index is 9.55. The first-order chi connectivity index (χ1) is 24.4. The van der Waals surface area contributed by atoms with Gasteiger partial charge in [0, 0.05) is 0 Å². The molecular weight excluding hydrogens is 634 g/mol. The number of hydrogen-bond acceptors (Lipinski definition) is 10. The first-order valence-corrected chi connectivity index (χ1v) is 16.2. The molecule has 0 fully saturated rings. The Balaban J connectivity index is 0.000000138. The van der Waals surface area contributed by atoms with Gasteiger partial charge in [-0.25, -0.2) is 0 Å². The Morgan fingerprint density at radius 3 is 1.22 bits per heavy atom. The highest BCUT2D eigenvalue weighted by molar-refractivity contribution is 6.59. The molecule has 4 N–H and O–H groups in total. The molecule has 0 saturated heterocycles. The van der Waals surface area contributed by atoms with Crippen LogP contribution in [0.2, 0.25) is 0 Å². The van der Waals surface area contributed by atoms with Crippen LogP contribution < -0.4 is 39.7 Å². The maximum atomic E-state index is 9.55. The third-order valence-corrected chi connectivity index (χ3v) is 8.49. The van der Waals surface area contributed by atoms with E-state index in [1.807, 2.05) is 111 Å². The predicted octanol–water partition coefficient (Wildman–Crippen LogP) is 7.12. The summed E-state index contributed by atoms with van der Waals surface area (Å²) in [5.74, 6) is 5.20. The second-order valence-electron chi connectivity index (χ2n) is 11.4. The molecule has 6 aromatic rings. The maximum Gasteiger partial charge on any atom is 0.488 e. The lowest BCUT2D eigenvalue weighted by Crippen LogP contribution is -2.31. The van der Waals surface area contributed by atoms with Gasteiger partial charge in [-0.15, -0.1) is 0 Å². The van der Waals surface area contributed by atoms with E-state index in [9.17, 15) is 20.1 Å². The number of nitrogens with zero attached hydrogens (tertiary/aromatic N) is 2. The summed E-state index contributed by atoms with van der Waals surface area (Å²) in [5.41, 5.74) is 5.89. The van der Waals surface area contributed by atoms with Crippen LogP contribution in [0.1, 0.15) is 13.8 Å². The molecule has 0 bridgehead atoms. The van der Waals surface area contributed by atoms with Gasteiger partial charge in [-0.3, -0.25) is 9.80 Å². The molecule has 12 heteroatoms. The molecule has 0 radical (unpaired) electrons. The van der Waals surface area contributed by atoms with Crippen molar-refractivity contribution >= 4 is 59.3 Å². The van der Waals surface area contributed by atoms with Gasteiger partial charge in [-0.05, 0) is 83.7 Å². The lowest BCUT2D eigenvalue weighted by molar-refractivity contribution is 0.422. The number of benzene rings is 6. The van der Waals surface area contributed by atoms with Crippen LogP contribution in [0, 0.1) is 0 Å². The normalized spacial score (nSPS) is 12.8. The molecule has 10 nitrogen and oxygen atoms in total. The number of anilines is 6. The second kappa shape index (κ2) is 12.5. The van der Waals surface area contributed by atoms with E-state index in [2.05, 4.69) is 9.80 Å². The summed E-state index contributed by atoms with van der Waals surface area (Å²) in [6.45, 7) is 4.00. The smallest absolute Gasteiger partial charge is 0.453 e. The number of ether oxygens (including phenoxy) is 4. The average molecular weight is 664 g/mol. The van der Waals surface area contributed by atoms with Gasteiger partial charge in [0.15, 0.2) is 46.0 Å². The Morgan fingerprint density at radius 2 is 0.740 bits per heavy atom. The van der Waals surface area contributed by atoms with Crippen LogP contribution in [0.25, 0.3) is 0 Å². The summed E-state index contributed by atoms with van der Waals surface area (Å²) in [4.78, 5) is 4.16. The molecule has 246 valence electrons.